The van der Waals surface area contributed by atoms with E-state index < -0.39 is 0 Å². The number of nitrogens with one attached hydrogen (secondary N) is 1. The van der Waals surface area contributed by atoms with Gasteiger partial charge in [-0.05, 0) is 49.3 Å². The molecule has 0 radical (unpaired) electrons. The second-order valence-corrected chi connectivity index (χ2v) is 8.30. The minimum Gasteiger partial charge on any atom is -0.491 e. The number of nitrogens with zero attached hydrogens (tertiary/aromatic N) is 1. The van der Waals surface area contributed by atoms with E-state index in [9.17, 15) is 9.59 Å². The Hall–Kier alpha value is -2.21. The third-order valence-corrected chi connectivity index (χ3v) is 6.26. The molecular formula is C21H25ClN2O4. The van der Waals surface area contributed by atoms with E-state index in [0.29, 0.717) is 36.2 Å². The Morgan fingerprint density at radius 2 is 2.00 bits per heavy atom. The predicted molar refractivity (Wildman–Crippen MR) is 105 cm³/mol. The average molecular weight is 405 g/mol. The van der Waals surface area contributed by atoms with Crippen molar-refractivity contribution in [3.8, 4) is 0 Å². The summed E-state index contributed by atoms with van der Waals surface area (Å²) in [5, 5.41) is 3.73. The summed E-state index contributed by atoms with van der Waals surface area (Å²) < 4.78 is 10.8. The van der Waals surface area contributed by atoms with Crippen molar-refractivity contribution in [2.75, 3.05) is 26.3 Å². The van der Waals surface area contributed by atoms with Crippen LogP contribution >= 0.6 is 11.6 Å². The standard InChI is InChI=1S/C21H25ClN2O4/c1-14-19(28-10-9-27-14)20(26)23-17-13-21(17)5-7-24(8-6-21)18(25)12-15-3-2-4-16(22)11-15/h2-4,11,17H,5-10,12-13H2,1H3,(H,23,26). The van der Waals surface area contributed by atoms with Crippen LogP contribution in [0.5, 0.6) is 0 Å². The molecule has 0 bridgehead atoms. The van der Waals surface area contributed by atoms with E-state index >= 15 is 0 Å². The number of piperidine rings is 1. The highest BCUT2D eigenvalue weighted by molar-refractivity contribution is 6.30. The Morgan fingerprint density at radius 1 is 1.25 bits per heavy atom. The number of hydrogen-bond acceptors (Lipinski definition) is 4. The molecule has 28 heavy (non-hydrogen) atoms. The summed E-state index contributed by atoms with van der Waals surface area (Å²) in [7, 11) is 0. The number of halogens is 1. The molecule has 1 atom stereocenters. The van der Waals surface area contributed by atoms with Crippen molar-refractivity contribution in [3.05, 3.63) is 46.4 Å². The van der Waals surface area contributed by atoms with Crippen LogP contribution in [0.15, 0.2) is 35.8 Å². The van der Waals surface area contributed by atoms with Crippen molar-refractivity contribution in [2.24, 2.45) is 5.41 Å². The molecule has 1 spiro atoms. The number of ether oxygens (including phenoxy) is 2. The quantitative estimate of drug-likeness (QED) is 0.837. The SMILES string of the molecule is CC1=C(C(=O)NC2CC23CCN(C(=O)Cc2cccc(Cl)c2)CC3)OCCO1. The topological polar surface area (TPSA) is 67.9 Å². The van der Waals surface area contributed by atoms with E-state index in [1.165, 1.54) is 0 Å². The van der Waals surface area contributed by atoms with Gasteiger partial charge in [-0.25, -0.2) is 0 Å². The van der Waals surface area contributed by atoms with Crippen LogP contribution in [0.1, 0.15) is 31.7 Å². The van der Waals surface area contributed by atoms with Gasteiger partial charge in [-0.3, -0.25) is 9.59 Å². The van der Waals surface area contributed by atoms with Crippen LogP contribution in [0, 0.1) is 5.41 Å². The van der Waals surface area contributed by atoms with Gasteiger partial charge in [0.2, 0.25) is 11.7 Å². The molecule has 1 aliphatic carbocycles. The largest absolute Gasteiger partial charge is 0.491 e. The highest BCUT2D eigenvalue weighted by atomic mass is 35.5. The van der Waals surface area contributed by atoms with Crippen LogP contribution in [0.4, 0.5) is 0 Å². The number of benzene rings is 1. The molecule has 150 valence electrons. The molecule has 6 nitrogen and oxygen atoms in total. The zero-order valence-electron chi connectivity index (χ0n) is 16.0. The second kappa shape index (κ2) is 7.66. The average Bonchev–Trinajstić information content (AvgIpc) is 3.33. The summed E-state index contributed by atoms with van der Waals surface area (Å²) in [6.07, 6.45) is 3.16. The summed E-state index contributed by atoms with van der Waals surface area (Å²) >= 11 is 6.00. The third-order valence-electron chi connectivity index (χ3n) is 6.03. The summed E-state index contributed by atoms with van der Waals surface area (Å²) in [5.74, 6) is 0.771. The minimum atomic E-state index is -0.196. The lowest BCUT2D eigenvalue weighted by Gasteiger charge is -2.33. The fourth-order valence-electron chi connectivity index (χ4n) is 4.19. The summed E-state index contributed by atoms with van der Waals surface area (Å²) in [6, 6.07) is 7.59. The molecule has 2 heterocycles. The van der Waals surface area contributed by atoms with Gasteiger partial charge in [0.1, 0.15) is 19.0 Å². The normalized spacial score (nSPS) is 23.1. The number of likely N-dealkylation sites (tertiary alicyclic amines) is 1. The molecule has 2 amide bonds. The van der Waals surface area contributed by atoms with Crippen molar-refractivity contribution >= 4 is 23.4 Å². The van der Waals surface area contributed by atoms with Gasteiger partial charge < -0.3 is 19.7 Å². The molecule has 1 unspecified atom stereocenters. The van der Waals surface area contributed by atoms with Crippen molar-refractivity contribution in [3.63, 3.8) is 0 Å². The molecule has 0 aromatic heterocycles. The van der Waals surface area contributed by atoms with E-state index in [1.54, 1.807) is 6.92 Å². The molecule has 1 aromatic carbocycles. The molecule has 3 aliphatic rings. The fraction of sp³-hybridized carbons (Fsp3) is 0.524. The van der Waals surface area contributed by atoms with E-state index in [2.05, 4.69) is 5.32 Å². The Balaban J connectivity index is 1.28. The second-order valence-electron chi connectivity index (χ2n) is 7.86. The van der Waals surface area contributed by atoms with Gasteiger partial charge in [0.25, 0.3) is 5.91 Å². The number of amides is 2. The van der Waals surface area contributed by atoms with Gasteiger partial charge in [0, 0.05) is 24.2 Å². The van der Waals surface area contributed by atoms with Crippen molar-refractivity contribution in [1.29, 1.82) is 0 Å². The number of hydrogen-bond donors (Lipinski definition) is 1. The van der Waals surface area contributed by atoms with Gasteiger partial charge in [-0.2, -0.15) is 0 Å². The number of carbonyl (C=O) groups excluding carboxylic acids is 2. The first kappa shape index (κ1) is 19.1. The summed E-state index contributed by atoms with van der Waals surface area (Å²) in [5.41, 5.74) is 1.06. The maximum atomic E-state index is 12.6. The first-order chi connectivity index (χ1) is 13.5. The minimum absolute atomic E-state index is 0.118. The van der Waals surface area contributed by atoms with Crippen LogP contribution < -0.4 is 5.32 Å². The maximum absolute atomic E-state index is 12.6. The molecule has 2 aliphatic heterocycles. The lowest BCUT2D eigenvalue weighted by molar-refractivity contribution is -0.132. The molecular weight excluding hydrogens is 380 g/mol. The zero-order valence-corrected chi connectivity index (χ0v) is 16.8. The van der Waals surface area contributed by atoms with E-state index in [4.69, 9.17) is 21.1 Å². The van der Waals surface area contributed by atoms with Crippen LogP contribution in [0.2, 0.25) is 5.02 Å². The first-order valence-electron chi connectivity index (χ1n) is 9.76. The van der Waals surface area contributed by atoms with Gasteiger partial charge in [-0.15, -0.1) is 0 Å². The van der Waals surface area contributed by atoms with Gasteiger partial charge >= 0.3 is 0 Å². The molecule has 4 rings (SSSR count). The smallest absolute Gasteiger partial charge is 0.290 e. The van der Waals surface area contributed by atoms with Gasteiger partial charge in [0.05, 0.1) is 6.42 Å². The van der Waals surface area contributed by atoms with Crippen LogP contribution in [-0.4, -0.2) is 49.1 Å². The van der Waals surface area contributed by atoms with E-state index in [0.717, 1.165) is 37.9 Å². The van der Waals surface area contributed by atoms with E-state index in [-0.39, 0.29) is 23.3 Å². The molecule has 1 saturated heterocycles. The van der Waals surface area contributed by atoms with Crippen LogP contribution in [0.25, 0.3) is 0 Å². The number of allylic oxidation sites excluding steroid dienone is 1. The van der Waals surface area contributed by atoms with Crippen LogP contribution in [0.3, 0.4) is 0 Å². The Labute approximate surface area is 169 Å². The molecule has 7 heteroatoms. The zero-order chi connectivity index (χ0) is 19.7. The Bertz CT molecular complexity index is 814. The van der Waals surface area contributed by atoms with Crippen LogP contribution in [-0.2, 0) is 25.5 Å². The molecule has 1 aromatic rings. The number of carbonyl (C=O) groups is 2. The fourth-order valence-corrected chi connectivity index (χ4v) is 4.41. The monoisotopic (exact) mass is 404 g/mol. The Morgan fingerprint density at radius 3 is 2.71 bits per heavy atom. The van der Waals surface area contributed by atoms with Crippen molar-refractivity contribution < 1.29 is 19.1 Å². The van der Waals surface area contributed by atoms with Gasteiger partial charge in [-0.1, -0.05) is 23.7 Å². The lowest BCUT2D eigenvalue weighted by atomic mass is 9.92. The van der Waals surface area contributed by atoms with Crippen molar-refractivity contribution in [2.45, 2.75) is 38.6 Å². The maximum Gasteiger partial charge on any atom is 0.290 e. The Kier molecular flexibility index (Phi) is 5.23. The highest BCUT2D eigenvalue weighted by Gasteiger charge is 2.56. The van der Waals surface area contributed by atoms with Crippen molar-refractivity contribution in [1.82, 2.24) is 10.2 Å². The lowest BCUT2D eigenvalue weighted by Crippen LogP contribution is -2.42. The molecule has 1 N–H and O–H groups in total. The molecule has 1 saturated carbocycles. The highest BCUT2D eigenvalue weighted by Crippen LogP contribution is 2.54. The summed E-state index contributed by atoms with van der Waals surface area (Å²) in [6.45, 7) is 4.09. The number of rotatable bonds is 4. The van der Waals surface area contributed by atoms with Gasteiger partial charge in [0.15, 0.2) is 0 Å². The predicted octanol–water partition coefficient (Wildman–Crippen LogP) is 2.66. The molecule has 2 fully saturated rings. The first-order valence-corrected chi connectivity index (χ1v) is 10.1. The summed E-state index contributed by atoms with van der Waals surface area (Å²) in [4.78, 5) is 27.0. The third kappa shape index (κ3) is 3.97. The van der Waals surface area contributed by atoms with E-state index in [1.807, 2.05) is 29.2 Å².